The van der Waals surface area contributed by atoms with E-state index in [-0.39, 0.29) is 11.9 Å². The molecule has 1 atom stereocenters. The van der Waals surface area contributed by atoms with Gasteiger partial charge in [0.25, 0.3) is 0 Å². The standard InChI is InChI=1S/C14H20FNO/c1-3-13(16-2)11-6-7-12(15)14(8-11)17-9-10-4-5-10/h6-8,10,13,16H,3-5,9H2,1-2H3/t13-/m1/s1. The SMILES string of the molecule is CC[C@@H](NC)c1ccc(F)c(OCC2CC2)c1. The summed E-state index contributed by atoms with van der Waals surface area (Å²) in [5, 5.41) is 3.21. The highest BCUT2D eigenvalue weighted by molar-refractivity contribution is 5.32. The fourth-order valence-corrected chi connectivity index (χ4v) is 1.95. The van der Waals surface area contributed by atoms with Crippen molar-refractivity contribution < 1.29 is 9.13 Å². The van der Waals surface area contributed by atoms with E-state index in [1.807, 2.05) is 19.2 Å². The highest BCUT2D eigenvalue weighted by atomic mass is 19.1. The maximum atomic E-state index is 13.6. The molecule has 0 bridgehead atoms. The van der Waals surface area contributed by atoms with E-state index >= 15 is 0 Å². The Labute approximate surface area is 102 Å². The Bertz CT molecular complexity index is 372. The molecule has 0 radical (unpaired) electrons. The van der Waals surface area contributed by atoms with Gasteiger partial charge in [-0.3, -0.25) is 0 Å². The molecule has 1 aromatic rings. The molecule has 0 amide bonds. The molecule has 1 aliphatic carbocycles. The van der Waals surface area contributed by atoms with E-state index < -0.39 is 0 Å². The third-order valence-corrected chi connectivity index (χ3v) is 3.29. The summed E-state index contributed by atoms with van der Waals surface area (Å²) in [7, 11) is 1.92. The smallest absolute Gasteiger partial charge is 0.165 e. The molecule has 1 N–H and O–H groups in total. The van der Waals surface area contributed by atoms with Crippen molar-refractivity contribution in [1.29, 1.82) is 0 Å². The van der Waals surface area contributed by atoms with E-state index in [0.29, 0.717) is 18.3 Å². The lowest BCUT2D eigenvalue weighted by Gasteiger charge is -2.16. The summed E-state index contributed by atoms with van der Waals surface area (Å²) in [4.78, 5) is 0. The Morgan fingerprint density at radius 3 is 2.82 bits per heavy atom. The number of rotatable bonds is 6. The van der Waals surface area contributed by atoms with Crippen LogP contribution >= 0.6 is 0 Å². The monoisotopic (exact) mass is 237 g/mol. The molecular formula is C14H20FNO. The Hall–Kier alpha value is -1.09. The molecule has 1 saturated carbocycles. The Kier molecular flexibility index (Phi) is 4.00. The van der Waals surface area contributed by atoms with E-state index in [2.05, 4.69) is 12.2 Å². The van der Waals surface area contributed by atoms with Crippen LogP contribution in [-0.4, -0.2) is 13.7 Å². The van der Waals surface area contributed by atoms with Gasteiger partial charge in [0, 0.05) is 6.04 Å². The van der Waals surface area contributed by atoms with Gasteiger partial charge in [0.15, 0.2) is 11.6 Å². The number of hydrogen-bond donors (Lipinski definition) is 1. The maximum Gasteiger partial charge on any atom is 0.165 e. The summed E-state index contributed by atoms with van der Waals surface area (Å²) in [5.41, 5.74) is 1.09. The minimum absolute atomic E-state index is 0.263. The van der Waals surface area contributed by atoms with E-state index in [1.165, 1.54) is 18.9 Å². The first-order valence-corrected chi connectivity index (χ1v) is 6.34. The third kappa shape index (κ3) is 3.19. The van der Waals surface area contributed by atoms with E-state index in [1.54, 1.807) is 0 Å². The maximum absolute atomic E-state index is 13.6. The molecule has 0 unspecified atom stereocenters. The van der Waals surface area contributed by atoms with E-state index in [4.69, 9.17) is 4.74 Å². The predicted octanol–water partition coefficient (Wildman–Crippen LogP) is 3.29. The number of halogens is 1. The van der Waals surface area contributed by atoms with Gasteiger partial charge in [-0.05, 0) is 49.9 Å². The zero-order chi connectivity index (χ0) is 12.3. The van der Waals surface area contributed by atoms with Crippen LogP contribution in [0.25, 0.3) is 0 Å². The average molecular weight is 237 g/mol. The second-order valence-electron chi connectivity index (χ2n) is 4.69. The molecule has 0 saturated heterocycles. The van der Waals surface area contributed by atoms with Crippen molar-refractivity contribution in [2.75, 3.05) is 13.7 Å². The van der Waals surface area contributed by atoms with Crippen molar-refractivity contribution in [3.63, 3.8) is 0 Å². The first-order chi connectivity index (χ1) is 8.24. The Morgan fingerprint density at radius 1 is 1.47 bits per heavy atom. The molecule has 0 heterocycles. The van der Waals surface area contributed by atoms with Gasteiger partial charge in [-0.25, -0.2) is 4.39 Å². The van der Waals surface area contributed by atoms with Crippen LogP contribution < -0.4 is 10.1 Å². The summed E-state index contributed by atoms with van der Waals surface area (Å²) in [5.74, 6) is 0.771. The van der Waals surface area contributed by atoms with Gasteiger partial charge in [-0.2, -0.15) is 0 Å². The zero-order valence-corrected chi connectivity index (χ0v) is 10.5. The van der Waals surface area contributed by atoms with Gasteiger partial charge >= 0.3 is 0 Å². The molecule has 3 heteroatoms. The minimum Gasteiger partial charge on any atom is -0.490 e. The van der Waals surface area contributed by atoms with Crippen LogP contribution in [0.1, 0.15) is 37.8 Å². The van der Waals surface area contributed by atoms with Crippen LogP contribution in [0.2, 0.25) is 0 Å². The first kappa shape index (κ1) is 12.4. The fourth-order valence-electron chi connectivity index (χ4n) is 1.95. The zero-order valence-electron chi connectivity index (χ0n) is 10.5. The number of benzene rings is 1. The molecule has 2 rings (SSSR count). The van der Waals surface area contributed by atoms with Crippen LogP contribution in [0.5, 0.6) is 5.75 Å². The molecule has 1 aliphatic rings. The van der Waals surface area contributed by atoms with E-state index in [9.17, 15) is 4.39 Å². The van der Waals surface area contributed by atoms with Crippen LogP contribution in [0.4, 0.5) is 4.39 Å². The van der Waals surface area contributed by atoms with Crippen molar-refractivity contribution in [3.8, 4) is 5.75 Å². The summed E-state index contributed by atoms with van der Waals surface area (Å²) in [6.07, 6.45) is 3.41. The lowest BCUT2D eigenvalue weighted by atomic mass is 10.0. The minimum atomic E-state index is -0.264. The molecule has 94 valence electrons. The van der Waals surface area contributed by atoms with Crippen LogP contribution in [0.3, 0.4) is 0 Å². The van der Waals surface area contributed by atoms with Crippen LogP contribution in [0.15, 0.2) is 18.2 Å². The van der Waals surface area contributed by atoms with Gasteiger partial charge < -0.3 is 10.1 Å². The molecule has 1 aromatic carbocycles. The molecular weight excluding hydrogens is 217 g/mol. The lowest BCUT2D eigenvalue weighted by Crippen LogP contribution is -2.15. The van der Waals surface area contributed by atoms with Crippen molar-refractivity contribution >= 4 is 0 Å². The van der Waals surface area contributed by atoms with Gasteiger partial charge in [0.1, 0.15) is 0 Å². The van der Waals surface area contributed by atoms with Gasteiger partial charge in [0.05, 0.1) is 6.61 Å². The Balaban J connectivity index is 2.09. The van der Waals surface area contributed by atoms with Gasteiger partial charge in [0.2, 0.25) is 0 Å². The molecule has 1 fully saturated rings. The number of nitrogens with one attached hydrogen (secondary N) is 1. The van der Waals surface area contributed by atoms with Gasteiger partial charge in [-0.1, -0.05) is 13.0 Å². The van der Waals surface area contributed by atoms with Crippen molar-refractivity contribution in [2.24, 2.45) is 5.92 Å². The summed E-state index contributed by atoms with van der Waals surface area (Å²) < 4.78 is 19.1. The summed E-state index contributed by atoms with van der Waals surface area (Å²) in [6, 6.07) is 5.41. The van der Waals surface area contributed by atoms with Crippen LogP contribution in [0, 0.1) is 11.7 Å². The summed E-state index contributed by atoms with van der Waals surface area (Å²) in [6.45, 7) is 2.76. The van der Waals surface area contributed by atoms with Crippen LogP contribution in [-0.2, 0) is 0 Å². The second-order valence-corrected chi connectivity index (χ2v) is 4.69. The molecule has 0 aromatic heterocycles. The molecule has 2 nitrogen and oxygen atoms in total. The number of ether oxygens (including phenoxy) is 1. The quantitative estimate of drug-likeness (QED) is 0.819. The topological polar surface area (TPSA) is 21.3 Å². The highest BCUT2D eigenvalue weighted by Gasteiger charge is 2.22. The van der Waals surface area contributed by atoms with E-state index in [0.717, 1.165) is 12.0 Å². The predicted molar refractivity (Wildman–Crippen MR) is 66.7 cm³/mol. The highest BCUT2D eigenvalue weighted by Crippen LogP contribution is 2.31. The fraction of sp³-hybridized carbons (Fsp3) is 0.571. The molecule has 17 heavy (non-hydrogen) atoms. The molecule has 0 spiro atoms. The van der Waals surface area contributed by atoms with Crippen molar-refractivity contribution in [2.45, 2.75) is 32.2 Å². The lowest BCUT2D eigenvalue weighted by molar-refractivity contribution is 0.284. The normalized spacial score (nSPS) is 16.9. The third-order valence-electron chi connectivity index (χ3n) is 3.29. The molecule has 0 aliphatic heterocycles. The van der Waals surface area contributed by atoms with Gasteiger partial charge in [-0.15, -0.1) is 0 Å². The van der Waals surface area contributed by atoms with Crippen molar-refractivity contribution in [3.05, 3.63) is 29.6 Å². The largest absolute Gasteiger partial charge is 0.490 e. The summed E-state index contributed by atoms with van der Waals surface area (Å²) >= 11 is 0. The number of hydrogen-bond acceptors (Lipinski definition) is 2. The van der Waals surface area contributed by atoms with Crippen molar-refractivity contribution in [1.82, 2.24) is 5.32 Å². The second kappa shape index (κ2) is 5.50. The average Bonchev–Trinajstić information content (AvgIpc) is 3.15. The Morgan fingerprint density at radius 2 is 2.24 bits per heavy atom. The first-order valence-electron chi connectivity index (χ1n) is 6.34.